The number of nitrogens with zero attached hydrogens (tertiary/aromatic N) is 1. The predicted molar refractivity (Wildman–Crippen MR) is 93.1 cm³/mol. The van der Waals surface area contributed by atoms with Crippen LogP contribution in [-0.4, -0.2) is 64.6 Å². The minimum atomic E-state index is -0.393. The highest BCUT2D eigenvalue weighted by molar-refractivity contribution is 5.91. The zero-order chi connectivity index (χ0) is 18.2. The highest BCUT2D eigenvalue weighted by Gasteiger charge is 2.22. The van der Waals surface area contributed by atoms with Gasteiger partial charge in [-0.05, 0) is 32.9 Å². The molecule has 0 atom stereocenters. The van der Waals surface area contributed by atoms with Crippen LogP contribution in [0, 0.1) is 0 Å². The largest absolute Gasteiger partial charge is 0.493 e. The van der Waals surface area contributed by atoms with Gasteiger partial charge in [0.15, 0.2) is 11.5 Å². The van der Waals surface area contributed by atoms with Gasteiger partial charge in [-0.25, -0.2) is 4.79 Å². The standard InChI is InChI=1S/C18H30NO5/c1-7-19(8-2,9-3)10-11-24-18(20)14-12-15(21-4)17(23-6)16(13-14)22-5/h12-13H,7-11H2,1-6H3/q+1. The van der Waals surface area contributed by atoms with E-state index in [-0.39, 0.29) is 0 Å². The lowest BCUT2D eigenvalue weighted by Gasteiger charge is -2.35. The third kappa shape index (κ3) is 4.54. The Bertz CT molecular complexity index is 507. The van der Waals surface area contributed by atoms with Gasteiger partial charge in [0, 0.05) is 0 Å². The number of carbonyl (C=O) groups is 1. The molecule has 0 aliphatic heterocycles. The van der Waals surface area contributed by atoms with Crippen LogP contribution in [0.1, 0.15) is 31.1 Å². The van der Waals surface area contributed by atoms with Gasteiger partial charge in [-0.2, -0.15) is 0 Å². The van der Waals surface area contributed by atoms with E-state index < -0.39 is 5.97 Å². The van der Waals surface area contributed by atoms with Crippen LogP contribution in [0.25, 0.3) is 0 Å². The number of carbonyl (C=O) groups excluding carboxylic acids is 1. The summed E-state index contributed by atoms with van der Waals surface area (Å²) >= 11 is 0. The summed E-state index contributed by atoms with van der Waals surface area (Å²) in [5.41, 5.74) is 0.382. The molecule has 6 nitrogen and oxygen atoms in total. The van der Waals surface area contributed by atoms with Gasteiger partial charge >= 0.3 is 5.97 Å². The lowest BCUT2D eigenvalue weighted by molar-refractivity contribution is -0.923. The Hall–Kier alpha value is -1.95. The maximum atomic E-state index is 12.4. The third-order valence-corrected chi connectivity index (χ3v) is 4.71. The van der Waals surface area contributed by atoms with Crippen LogP contribution >= 0.6 is 0 Å². The number of benzene rings is 1. The fraction of sp³-hybridized carbons (Fsp3) is 0.611. The SMILES string of the molecule is CC[N+](CC)(CC)CCOC(=O)c1cc(OC)c(OC)c(OC)c1. The molecule has 0 spiro atoms. The van der Waals surface area contributed by atoms with Gasteiger partial charge in [-0.1, -0.05) is 0 Å². The summed E-state index contributed by atoms with van der Waals surface area (Å²) in [7, 11) is 4.56. The number of ether oxygens (including phenoxy) is 4. The molecule has 0 amide bonds. The molecule has 1 rings (SSSR count). The summed E-state index contributed by atoms with van der Waals surface area (Å²) in [6, 6.07) is 3.20. The van der Waals surface area contributed by atoms with E-state index in [1.807, 2.05) is 0 Å². The first-order valence-corrected chi connectivity index (χ1v) is 8.32. The number of hydrogen-bond acceptors (Lipinski definition) is 5. The molecule has 136 valence electrons. The quantitative estimate of drug-likeness (QED) is 0.484. The van der Waals surface area contributed by atoms with Crippen LogP contribution in [0.5, 0.6) is 17.2 Å². The molecule has 0 heterocycles. The highest BCUT2D eigenvalue weighted by Crippen LogP contribution is 2.38. The fourth-order valence-corrected chi connectivity index (χ4v) is 2.76. The molecule has 0 aliphatic rings. The van der Waals surface area contributed by atoms with Crippen molar-refractivity contribution in [3.63, 3.8) is 0 Å². The van der Waals surface area contributed by atoms with Crippen molar-refractivity contribution in [1.29, 1.82) is 0 Å². The Kier molecular flexibility index (Phi) is 7.85. The van der Waals surface area contributed by atoms with Crippen molar-refractivity contribution in [2.24, 2.45) is 0 Å². The van der Waals surface area contributed by atoms with Gasteiger partial charge in [0.05, 0.1) is 46.5 Å². The van der Waals surface area contributed by atoms with E-state index in [1.165, 1.54) is 21.3 Å². The Labute approximate surface area is 144 Å². The highest BCUT2D eigenvalue weighted by atomic mass is 16.5. The van der Waals surface area contributed by atoms with Crippen LogP contribution in [0.4, 0.5) is 0 Å². The molecule has 0 aromatic heterocycles. The minimum Gasteiger partial charge on any atom is -0.493 e. The number of rotatable bonds is 10. The zero-order valence-corrected chi connectivity index (χ0v) is 15.7. The van der Waals surface area contributed by atoms with E-state index in [0.29, 0.717) is 29.4 Å². The van der Waals surface area contributed by atoms with Crippen molar-refractivity contribution in [2.45, 2.75) is 20.8 Å². The second-order valence-electron chi connectivity index (χ2n) is 5.56. The number of likely N-dealkylation sites (N-methyl/N-ethyl adjacent to an activating group) is 1. The van der Waals surface area contributed by atoms with Crippen molar-refractivity contribution in [2.75, 3.05) is 54.1 Å². The second kappa shape index (κ2) is 9.37. The summed E-state index contributed by atoms with van der Waals surface area (Å²) in [5.74, 6) is 0.931. The normalized spacial score (nSPS) is 11.1. The van der Waals surface area contributed by atoms with Crippen molar-refractivity contribution in [3.05, 3.63) is 17.7 Å². The fourth-order valence-electron chi connectivity index (χ4n) is 2.76. The maximum Gasteiger partial charge on any atom is 0.338 e. The number of esters is 1. The molecule has 0 bridgehead atoms. The lowest BCUT2D eigenvalue weighted by atomic mass is 10.2. The average Bonchev–Trinajstić information content (AvgIpc) is 2.64. The predicted octanol–water partition coefficient (Wildman–Crippen LogP) is 2.75. The smallest absolute Gasteiger partial charge is 0.338 e. The molecule has 0 saturated carbocycles. The Balaban J connectivity index is 2.85. The van der Waals surface area contributed by atoms with E-state index in [4.69, 9.17) is 18.9 Å². The Morgan fingerprint density at radius 2 is 1.42 bits per heavy atom. The number of methoxy groups -OCH3 is 3. The van der Waals surface area contributed by atoms with Crippen molar-refractivity contribution in [1.82, 2.24) is 0 Å². The van der Waals surface area contributed by atoms with Gasteiger partial charge in [0.25, 0.3) is 0 Å². The van der Waals surface area contributed by atoms with Crippen molar-refractivity contribution < 1.29 is 28.2 Å². The molecule has 0 aliphatic carbocycles. The maximum absolute atomic E-state index is 12.4. The topological polar surface area (TPSA) is 54.0 Å². The van der Waals surface area contributed by atoms with Crippen LogP contribution in [0.3, 0.4) is 0 Å². The van der Waals surface area contributed by atoms with Crippen LogP contribution < -0.4 is 14.2 Å². The van der Waals surface area contributed by atoms with Gasteiger partial charge in [0.1, 0.15) is 13.2 Å². The van der Waals surface area contributed by atoms with Crippen LogP contribution in [-0.2, 0) is 4.74 Å². The van der Waals surface area contributed by atoms with E-state index in [2.05, 4.69) is 20.8 Å². The van der Waals surface area contributed by atoms with Crippen LogP contribution in [0.15, 0.2) is 12.1 Å². The molecule has 1 aromatic rings. The monoisotopic (exact) mass is 340 g/mol. The zero-order valence-electron chi connectivity index (χ0n) is 15.7. The number of quaternary nitrogens is 1. The van der Waals surface area contributed by atoms with E-state index in [0.717, 1.165) is 30.7 Å². The molecule has 0 fully saturated rings. The van der Waals surface area contributed by atoms with Gasteiger partial charge in [0.2, 0.25) is 5.75 Å². The molecular formula is C18H30NO5+. The molecule has 24 heavy (non-hydrogen) atoms. The van der Waals surface area contributed by atoms with Crippen molar-refractivity contribution >= 4 is 5.97 Å². The van der Waals surface area contributed by atoms with Gasteiger partial charge in [-0.3, -0.25) is 0 Å². The van der Waals surface area contributed by atoms with Gasteiger partial charge < -0.3 is 23.4 Å². The summed E-state index contributed by atoms with van der Waals surface area (Å²) in [5, 5.41) is 0. The Morgan fingerprint density at radius 1 is 0.917 bits per heavy atom. The molecule has 0 radical (unpaired) electrons. The van der Waals surface area contributed by atoms with Gasteiger partial charge in [-0.15, -0.1) is 0 Å². The first-order chi connectivity index (χ1) is 11.5. The lowest BCUT2D eigenvalue weighted by Crippen LogP contribution is -2.49. The van der Waals surface area contributed by atoms with Crippen molar-refractivity contribution in [3.8, 4) is 17.2 Å². The molecule has 6 heteroatoms. The van der Waals surface area contributed by atoms with E-state index >= 15 is 0 Å². The van der Waals surface area contributed by atoms with E-state index in [1.54, 1.807) is 12.1 Å². The molecule has 1 aromatic carbocycles. The molecule has 0 N–H and O–H groups in total. The summed E-state index contributed by atoms with van der Waals surface area (Å²) < 4.78 is 22.2. The summed E-state index contributed by atoms with van der Waals surface area (Å²) in [6.45, 7) is 10.7. The van der Waals surface area contributed by atoms with E-state index in [9.17, 15) is 4.79 Å². The number of hydrogen-bond donors (Lipinski definition) is 0. The summed E-state index contributed by atoms with van der Waals surface area (Å²) in [4.78, 5) is 12.4. The molecular weight excluding hydrogens is 310 g/mol. The van der Waals surface area contributed by atoms with Crippen LogP contribution in [0.2, 0.25) is 0 Å². The Morgan fingerprint density at radius 3 is 1.79 bits per heavy atom. The average molecular weight is 340 g/mol. The second-order valence-corrected chi connectivity index (χ2v) is 5.56. The minimum absolute atomic E-state index is 0.380. The summed E-state index contributed by atoms with van der Waals surface area (Å²) in [6.07, 6.45) is 0. The molecule has 0 unspecified atom stereocenters. The third-order valence-electron chi connectivity index (χ3n) is 4.71. The first-order valence-electron chi connectivity index (χ1n) is 8.32. The first kappa shape index (κ1) is 20.1. The molecule has 0 saturated heterocycles.